The van der Waals surface area contributed by atoms with E-state index in [1.807, 2.05) is 0 Å². The molecular weight excluding hydrogens is 176 g/mol. The molecule has 13 heavy (non-hydrogen) atoms. The highest BCUT2D eigenvalue weighted by Gasteiger charge is 1.77. The molecule has 0 spiro atoms. The van der Waals surface area contributed by atoms with Gasteiger partial charge in [0.25, 0.3) is 5.97 Å². The quantitative estimate of drug-likeness (QED) is 0.557. The lowest BCUT2D eigenvalue weighted by Gasteiger charge is -1.85. The van der Waals surface area contributed by atoms with Gasteiger partial charge in [-0.1, -0.05) is 0 Å². The maximum atomic E-state index is 9.00. The van der Waals surface area contributed by atoms with Crippen LogP contribution in [0.3, 0.4) is 0 Å². The Balaban J connectivity index is -0.000000125. The van der Waals surface area contributed by atoms with Crippen molar-refractivity contribution in [1.29, 1.82) is 0 Å². The molecule has 0 unspecified atom stereocenters. The zero-order valence-corrected chi connectivity index (χ0v) is 8.49. The summed E-state index contributed by atoms with van der Waals surface area (Å²) in [6, 6.07) is 0. The van der Waals surface area contributed by atoms with Crippen molar-refractivity contribution in [3.63, 3.8) is 0 Å². The third-order valence-corrected chi connectivity index (χ3v) is 0.566. The smallest absolute Gasteiger partial charge is 0.300 e. The number of aliphatic hydroxyl groups is 2. The number of aliphatic hydroxyl groups excluding tert-OH is 2. The Hall–Kier alpha value is -0.650. The summed E-state index contributed by atoms with van der Waals surface area (Å²) in [4.78, 5) is 9.00. The number of carboxylic acids is 1. The number of carboxylic acid groups (broad SMARTS) is 1. The van der Waals surface area contributed by atoms with Crippen LogP contribution in [-0.2, 0) is 9.53 Å². The summed E-state index contributed by atoms with van der Waals surface area (Å²) in [6.07, 6.45) is 1.44. The Morgan fingerprint density at radius 3 is 1.38 bits per heavy atom. The van der Waals surface area contributed by atoms with Crippen LogP contribution in [0, 0.1) is 0 Å². The number of ether oxygens (including phenoxy) is 1. The highest BCUT2D eigenvalue weighted by atomic mass is 16.4. The minimum absolute atomic E-state index is 0.195. The summed E-state index contributed by atoms with van der Waals surface area (Å²) in [5.41, 5.74) is 0. The fourth-order valence-corrected chi connectivity index (χ4v) is 0.224. The van der Waals surface area contributed by atoms with E-state index in [4.69, 9.17) is 20.1 Å². The zero-order valence-electron chi connectivity index (χ0n) is 8.49. The maximum absolute atomic E-state index is 9.00. The summed E-state index contributed by atoms with van der Waals surface area (Å²) < 4.78 is 4.25. The van der Waals surface area contributed by atoms with Crippen LogP contribution >= 0.6 is 0 Å². The van der Waals surface area contributed by atoms with Crippen molar-refractivity contribution >= 4 is 5.97 Å². The monoisotopic (exact) mass is 196 g/mol. The van der Waals surface area contributed by atoms with Gasteiger partial charge in [-0.05, 0) is 12.8 Å². The van der Waals surface area contributed by atoms with Gasteiger partial charge in [-0.15, -0.1) is 0 Å². The fraction of sp³-hybridized carbons (Fsp3) is 0.875. The molecule has 0 aromatic carbocycles. The van der Waals surface area contributed by atoms with Gasteiger partial charge in [0, 0.05) is 34.4 Å². The molecule has 0 aliphatic carbocycles. The van der Waals surface area contributed by atoms with Crippen LogP contribution in [0.1, 0.15) is 19.8 Å². The summed E-state index contributed by atoms with van der Waals surface area (Å²) >= 11 is 0. The van der Waals surface area contributed by atoms with Crippen molar-refractivity contribution in [2.45, 2.75) is 19.8 Å². The van der Waals surface area contributed by atoms with E-state index in [0.717, 1.165) is 19.8 Å². The molecule has 0 radical (unpaired) electrons. The first-order valence-electron chi connectivity index (χ1n) is 3.88. The molecular formula is C8H20O5. The lowest BCUT2D eigenvalue weighted by Crippen LogP contribution is -1.85. The third-order valence-electron chi connectivity index (χ3n) is 0.566. The minimum atomic E-state index is -0.833. The van der Waals surface area contributed by atoms with Crippen LogP contribution in [-0.4, -0.2) is 48.7 Å². The predicted octanol–water partition coefficient (Wildman–Crippen LogP) is 0.105. The second kappa shape index (κ2) is 22.5. The largest absolute Gasteiger partial charge is 0.481 e. The number of methoxy groups -OCH3 is 1. The lowest BCUT2D eigenvalue weighted by atomic mass is 10.3. The van der Waals surface area contributed by atoms with Gasteiger partial charge in [0.05, 0.1) is 0 Å². The molecule has 0 fully saturated rings. The molecule has 0 bridgehead atoms. The van der Waals surface area contributed by atoms with E-state index in [9.17, 15) is 0 Å². The van der Waals surface area contributed by atoms with Gasteiger partial charge in [-0.3, -0.25) is 4.79 Å². The maximum Gasteiger partial charge on any atom is 0.300 e. The Labute approximate surface area is 79.0 Å². The van der Waals surface area contributed by atoms with Crippen LogP contribution in [0.15, 0.2) is 0 Å². The highest BCUT2D eigenvalue weighted by molar-refractivity contribution is 5.62. The summed E-state index contributed by atoms with van der Waals surface area (Å²) in [5.74, 6) is -0.833. The predicted molar refractivity (Wildman–Crippen MR) is 49.6 cm³/mol. The number of unbranched alkanes of at least 4 members (excludes halogenated alkanes) is 1. The van der Waals surface area contributed by atoms with E-state index in [-0.39, 0.29) is 13.2 Å². The fourth-order valence-electron chi connectivity index (χ4n) is 0.224. The second-order valence-electron chi connectivity index (χ2n) is 2.08. The molecule has 82 valence electrons. The van der Waals surface area contributed by atoms with E-state index in [1.165, 1.54) is 0 Å². The van der Waals surface area contributed by atoms with Gasteiger partial charge in [-0.2, -0.15) is 0 Å². The van der Waals surface area contributed by atoms with E-state index in [2.05, 4.69) is 4.74 Å². The minimum Gasteiger partial charge on any atom is -0.481 e. The standard InChI is InChI=1S/C4H10O2.C2H4O2.C2H6O/c5-3-1-2-4-6;1-2(3)4;1-3-2/h5-6H,1-4H2;1H3,(H,3,4);1-2H3. The molecule has 0 amide bonds. The molecule has 0 heterocycles. The van der Waals surface area contributed by atoms with E-state index in [1.54, 1.807) is 14.2 Å². The number of rotatable bonds is 3. The Kier molecular flexibility index (Phi) is 31.5. The Bertz CT molecular complexity index is 76.6. The average Bonchev–Trinajstić information content (AvgIpc) is 2.01. The second-order valence-corrected chi connectivity index (χ2v) is 2.08. The van der Waals surface area contributed by atoms with Crippen molar-refractivity contribution in [2.24, 2.45) is 0 Å². The molecule has 0 saturated carbocycles. The molecule has 0 aromatic rings. The van der Waals surface area contributed by atoms with Crippen molar-refractivity contribution in [2.75, 3.05) is 27.4 Å². The third kappa shape index (κ3) is 180. The van der Waals surface area contributed by atoms with Gasteiger partial charge in [-0.25, -0.2) is 0 Å². The number of aliphatic carboxylic acids is 1. The molecule has 0 atom stereocenters. The first-order chi connectivity index (χ1) is 6.06. The van der Waals surface area contributed by atoms with Crippen molar-refractivity contribution < 1.29 is 24.9 Å². The van der Waals surface area contributed by atoms with Crippen molar-refractivity contribution in [1.82, 2.24) is 0 Å². The van der Waals surface area contributed by atoms with Crippen LogP contribution in [0.2, 0.25) is 0 Å². The Morgan fingerprint density at radius 2 is 1.31 bits per heavy atom. The first-order valence-corrected chi connectivity index (χ1v) is 3.88. The van der Waals surface area contributed by atoms with Crippen molar-refractivity contribution in [3.8, 4) is 0 Å². The van der Waals surface area contributed by atoms with Gasteiger partial charge in [0.15, 0.2) is 0 Å². The molecule has 5 nitrogen and oxygen atoms in total. The van der Waals surface area contributed by atoms with E-state index >= 15 is 0 Å². The topological polar surface area (TPSA) is 87.0 Å². The molecule has 0 aliphatic rings. The van der Waals surface area contributed by atoms with Crippen LogP contribution in [0.4, 0.5) is 0 Å². The number of hydrogen-bond donors (Lipinski definition) is 3. The van der Waals surface area contributed by atoms with Gasteiger partial charge in [0.1, 0.15) is 0 Å². The number of carbonyl (C=O) groups is 1. The molecule has 0 saturated heterocycles. The summed E-state index contributed by atoms with van der Waals surface area (Å²) in [5, 5.41) is 23.6. The normalized spacial score (nSPS) is 7.46. The van der Waals surface area contributed by atoms with Crippen molar-refractivity contribution in [3.05, 3.63) is 0 Å². The van der Waals surface area contributed by atoms with Gasteiger partial charge < -0.3 is 20.1 Å². The van der Waals surface area contributed by atoms with Crippen LogP contribution in [0.25, 0.3) is 0 Å². The molecule has 0 aliphatic heterocycles. The molecule has 0 rings (SSSR count). The van der Waals surface area contributed by atoms with Gasteiger partial charge in [0.2, 0.25) is 0 Å². The van der Waals surface area contributed by atoms with Gasteiger partial charge >= 0.3 is 0 Å². The summed E-state index contributed by atoms with van der Waals surface area (Å²) in [7, 11) is 3.25. The lowest BCUT2D eigenvalue weighted by molar-refractivity contribution is -0.134. The average molecular weight is 196 g/mol. The first kappa shape index (κ1) is 18.2. The SMILES string of the molecule is CC(=O)O.COC.OCCCCO. The number of hydrogen-bond acceptors (Lipinski definition) is 4. The Morgan fingerprint density at radius 1 is 1.15 bits per heavy atom. The summed E-state index contributed by atoms with van der Waals surface area (Å²) in [6.45, 7) is 1.47. The van der Waals surface area contributed by atoms with E-state index < -0.39 is 5.97 Å². The van der Waals surface area contributed by atoms with Crippen LogP contribution in [0.5, 0.6) is 0 Å². The highest BCUT2D eigenvalue weighted by Crippen LogP contribution is 1.80. The molecule has 0 aromatic heterocycles. The zero-order chi connectivity index (χ0) is 11.1. The van der Waals surface area contributed by atoms with Crippen LogP contribution < -0.4 is 0 Å². The molecule has 3 N–H and O–H groups in total. The molecule has 5 heteroatoms. The van der Waals surface area contributed by atoms with E-state index in [0.29, 0.717) is 0 Å².